The number of aromatic nitrogens is 2. The monoisotopic (exact) mass is 419 g/mol. The van der Waals surface area contributed by atoms with E-state index < -0.39 is 6.10 Å². The van der Waals surface area contributed by atoms with Gasteiger partial charge in [0.2, 0.25) is 0 Å². The lowest BCUT2D eigenvalue weighted by atomic mass is 10.1. The molecule has 9 heteroatoms. The first-order valence-electron chi connectivity index (χ1n) is 10.3. The number of likely N-dealkylation sites (N-methyl/N-ethyl adjacent to an activating group) is 1. The van der Waals surface area contributed by atoms with Crippen molar-refractivity contribution < 1.29 is 19.2 Å². The standard InChI is InChI=1S/C21H33N5O4/c1-16-20(23-30-22-16)14-25(3)12-17-5-6-19(28-4)11-21(17)29-15-18(27)13-26-9-7-24(2)8-10-26/h5-6,11,18,27H,7-10,12-15H2,1-4H3/t18-/m1/s1. The molecule has 0 spiro atoms. The van der Waals surface area contributed by atoms with E-state index in [0.29, 0.717) is 25.4 Å². The zero-order valence-corrected chi connectivity index (χ0v) is 18.4. The largest absolute Gasteiger partial charge is 0.497 e. The van der Waals surface area contributed by atoms with Crippen LogP contribution in [0.5, 0.6) is 11.5 Å². The summed E-state index contributed by atoms with van der Waals surface area (Å²) < 4.78 is 16.2. The Balaban J connectivity index is 1.58. The van der Waals surface area contributed by atoms with Crippen LogP contribution in [0.4, 0.5) is 0 Å². The van der Waals surface area contributed by atoms with E-state index >= 15 is 0 Å². The van der Waals surface area contributed by atoms with Crippen LogP contribution >= 0.6 is 0 Å². The first kappa shape index (κ1) is 22.5. The van der Waals surface area contributed by atoms with Crippen molar-refractivity contribution in [2.24, 2.45) is 0 Å². The van der Waals surface area contributed by atoms with Crippen LogP contribution in [0, 0.1) is 6.92 Å². The number of nitrogens with zero attached hydrogens (tertiary/aromatic N) is 5. The average molecular weight is 420 g/mol. The molecular formula is C21H33N5O4. The molecule has 1 aromatic carbocycles. The van der Waals surface area contributed by atoms with Gasteiger partial charge in [0, 0.05) is 57.4 Å². The Hall–Kier alpha value is -2.20. The quantitative estimate of drug-likeness (QED) is 0.606. The molecule has 0 amide bonds. The minimum atomic E-state index is -0.547. The first-order valence-corrected chi connectivity index (χ1v) is 10.3. The predicted octanol–water partition coefficient (Wildman–Crippen LogP) is 1.01. The molecule has 2 heterocycles. The van der Waals surface area contributed by atoms with Gasteiger partial charge in [0.15, 0.2) is 0 Å². The maximum absolute atomic E-state index is 10.5. The van der Waals surface area contributed by atoms with Gasteiger partial charge in [-0.25, -0.2) is 4.63 Å². The van der Waals surface area contributed by atoms with Crippen molar-refractivity contribution >= 4 is 0 Å². The van der Waals surface area contributed by atoms with Crippen LogP contribution in [0.15, 0.2) is 22.8 Å². The van der Waals surface area contributed by atoms with E-state index in [1.807, 2.05) is 32.2 Å². The number of aliphatic hydroxyl groups is 1. The second-order valence-corrected chi connectivity index (χ2v) is 8.01. The highest BCUT2D eigenvalue weighted by Crippen LogP contribution is 2.26. The molecule has 3 rings (SSSR count). The fourth-order valence-electron chi connectivity index (χ4n) is 3.49. The van der Waals surface area contributed by atoms with E-state index in [9.17, 15) is 5.11 Å². The predicted molar refractivity (Wildman–Crippen MR) is 113 cm³/mol. The van der Waals surface area contributed by atoms with Crippen molar-refractivity contribution in [2.75, 3.05) is 60.5 Å². The maximum Gasteiger partial charge on any atom is 0.127 e. The van der Waals surface area contributed by atoms with Crippen LogP contribution in [0.1, 0.15) is 17.0 Å². The summed E-state index contributed by atoms with van der Waals surface area (Å²) in [5.41, 5.74) is 2.62. The van der Waals surface area contributed by atoms with E-state index in [2.05, 4.69) is 32.1 Å². The number of methoxy groups -OCH3 is 1. The first-order chi connectivity index (χ1) is 14.4. The zero-order valence-electron chi connectivity index (χ0n) is 18.4. The van der Waals surface area contributed by atoms with Crippen molar-refractivity contribution in [1.29, 1.82) is 0 Å². The van der Waals surface area contributed by atoms with Gasteiger partial charge in [-0.2, -0.15) is 0 Å². The van der Waals surface area contributed by atoms with Gasteiger partial charge < -0.3 is 19.5 Å². The van der Waals surface area contributed by atoms with Gasteiger partial charge in [-0.3, -0.25) is 9.80 Å². The highest BCUT2D eigenvalue weighted by molar-refractivity contribution is 5.40. The average Bonchev–Trinajstić information content (AvgIpc) is 3.13. The Morgan fingerprint density at radius 1 is 1.20 bits per heavy atom. The molecule has 1 aliphatic rings. The minimum Gasteiger partial charge on any atom is -0.497 e. The number of aryl methyl sites for hydroxylation is 1. The zero-order chi connectivity index (χ0) is 21.5. The number of ether oxygens (including phenoxy) is 2. The van der Waals surface area contributed by atoms with E-state index in [4.69, 9.17) is 14.1 Å². The van der Waals surface area contributed by atoms with Gasteiger partial charge >= 0.3 is 0 Å². The third-order valence-electron chi connectivity index (χ3n) is 5.38. The second-order valence-electron chi connectivity index (χ2n) is 8.01. The van der Waals surface area contributed by atoms with E-state index in [0.717, 1.165) is 48.9 Å². The van der Waals surface area contributed by atoms with Crippen molar-refractivity contribution in [1.82, 2.24) is 25.0 Å². The summed E-state index contributed by atoms with van der Waals surface area (Å²) in [6.45, 7) is 8.00. The number of β-amino-alcohol motifs (C(OH)–C–C–N with tert-alkyl or cyclic N) is 1. The number of rotatable bonds is 10. The highest BCUT2D eigenvalue weighted by Gasteiger charge is 2.18. The van der Waals surface area contributed by atoms with Crippen LogP contribution in [0.25, 0.3) is 0 Å². The smallest absolute Gasteiger partial charge is 0.127 e. The number of aliphatic hydroxyl groups excluding tert-OH is 1. The molecule has 0 aliphatic carbocycles. The van der Waals surface area contributed by atoms with E-state index in [-0.39, 0.29) is 6.61 Å². The van der Waals surface area contributed by atoms with Crippen LogP contribution < -0.4 is 9.47 Å². The van der Waals surface area contributed by atoms with Gasteiger partial charge in [-0.1, -0.05) is 16.4 Å². The summed E-state index contributed by atoms with van der Waals surface area (Å²) >= 11 is 0. The molecular weight excluding hydrogens is 386 g/mol. The third-order valence-corrected chi connectivity index (χ3v) is 5.38. The van der Waals surface area contributed by atoms with Crippen LogP contribution in [0.2, 0.25) is 0 Å². The Bertz CT molecular complexity index is 791. The molecule has 9 nitrogen and oxygen atoms in total. The van der Waals surface area contributed by atoms with Gasteiger partial charge in [-0.15, -0.1) is 0 Å². The Morgan fingerprint density at radius 3 is 2.63 bits per heavy atom. The number of hydrogen-bond acceptors (Lipinski definition) is 9. The lowest BCUT2D eigenvalue weighted by Crippen LogP contribution is -2.47. The second kappa shape index (κ2) is 10.7. The molecule has 2 aromatic rings. The molecule has 1 fully saturated rings. The molecule has 1 saturated heterocycles. The van der Waals surface area contributed by atoms with Crippen molar-refractivity contribution in [3.05, 3.63) is 35.2 Å². The molecule has 1 aromatic heterocycles. The Morgan fingerprint density at radius 2 is 1.97 bits per heavy atom. The molecule has 166 valence electrons. The SMILES string of the molecule is COc1ccc(CN(C)Cc2nonc2C)c(OC[C@H](O)CN2CCN(C)CC2)c1. The summed E-state index contributed by atoms with van der Waals surface area (Å²) in [6.07, 6.45) is -0.547. The summed E-state index contributed by atoms with van der Waals surface area (Å²) in [7, 11) is 5.76. The summed E-state index contributed by atoms with van der Waals surface area (Å²) in [5.74, 6) is 1.44. The van der Waals surface area contributed by atoms with Gasteiger partial charge in [-0.05, 0) is 27.1 Å². The van der Waals surface area contributed by atoms with Crippen LogP contribution in [-0.2, 0) is 13.1 Å². The van der Waals surface area contributed by atoms with E-state index in [1.165, 1.54) is 0 Å². The lowest BCUT2D eigenvalue weighted by molar-refractivity contribution is 0.0500. The molecule has 30 heavy (non-hydrogen) atoms. The van der Waals surface area contributed by atoms with Gasteiger partial charge in [0.25, 0.3) is 0 Å². The number of hydrogen-bond donors (Lipinski definition) is 1. The molecule has 0 unspecified atom stereocenters. The fraction of sp³-hybridized carbons (Fsp3) is 0.619. The number of piperazine rings is 1. The normalized spacial score (nSPS) is 16.7. The van der Waals surface area contributed by atoms with E-state index in [1.54, 1.807) is 7.11 Å². The molecule has 1 atom stereocenters. The number of benzene rings is 1. The topological polar surface area (TPSA) is 87.3 Å². The van der Waals surface area contributed by atoms with Crippen molar-refractivity contribution in [2.45, 2.75) is 26.1 Å². The Kier molecular flexibility index (Phi) is 8.03. The molecule has 0 radical (unpaired) electrons. The highest BCUT2D eigenvalue weighted by atomic mass is 16.6. The molecule has 0 bridgehead atoms. The van der Waals surface area contributed by atoms with Crippen molar-refractivity contribution in [3.63, 3.8) is 0 Å². The summed E-state index contributed by atoms with van der Waals surface area (Å²) in [6, 6.07) is 5.78. The maximum atomic E-state index is 10.5. The molecule has 0 saturated carbocycles. The Labute approximate surface area is 178 Å². The lowest BCUT2D eigenvalue weighted by Gasteiger charge is -2.33. The summed E-state index contributed by atoms with van der Waals surface area (Å²) in [5, 5.41) is 18.3. The van der Waals surface area contributed by atoms with Crippen molar-refractivity contribution in [3.8, 4) is 11.5 Å². The third kappa shape index (κ3) is 6.40. The molecule has 1 aliphatic heterocycles. The van der Waals surface area contributed by atoms with Gasteiger partial charge in [0.1, 0.15) is 35.6 Å². The fourth-order valence-corrected chi connectivity index (χ4v) is 3.49. The van der Waals surface area contributed by atoms with Crippen LogP contribution in [-0.4, -0.2) is 96.8 Å². The minimum absolute atomic E-state index is 0.239. The van der Waals surface area contributed by atoms with Crippen LogP contribution in [0.3, 0.4) is 0 Å². The summed E-state index contributed by atoms with van der Waals surface area (Å²) in [4.78, 5) is 6.69. The van der Waals surface area contributed by atoms with Gasteiger partial charge in [0.05, 0.1) is 7.11 Å². The molecule has 1 N–H and O–H groups in total.